The minimum Gasteiger partial charge on any atom is -0.497 e. The van der Waals surface area contributed by atoms with Crippen LogP contribution in [0.5, 0.6) is 11.6 Å². The molecule has 0 saturated carbocycles. The van der Waals surface area contributed by atoms with Gasteiger partial charge in [-0.05, 0) is 61.7 Å². The topological polar surface area (TPSA) is 78.3 Å². The number of ether oxygens (including phenoxy) is 2. The number of amides is 1. The van der Waals surface area contributed by atoms with Gasteiger partial charge in [0.15, 0.2) is 12.3 Å². The summed E-state index contributed by atoms with van der Waals surface area (Å²) in [7, 11) is 1.62. The molecule has 7 nitrogen and oxygen atoms in total. The van der Waals surface area contributed by atoms with E-state index in [9.17, 15) is 4.79 Å². The van der Waals surface area contributed by atoms with E-state index >= 15 is 0 Å². The zero-order valence-electron chi connectivity index (χ0n) is 19.0. The number of carbonyl (C=O) groups excluding carboxylic acids is 1. The minimum absolute atomic E-state index is 0.141. The first-order chi connectivity index (χ1) is 15.9. The number of benzene rings is 2. The Bertz CT molecular complexity index is 1320. The largest absolute Gasteiger partial charge is 0.497 e. The minimum atomic E-state index is -0.235. The number of aryl methyl sites for hydroxylation is 2. The number of hydrogen-bond donors (Lipinski definition) is 1. The highest BCUT2D eigenvalue weighted by atomic mass is 35.5. The Morgan fingerprint density at radius 3 is 2.61 bits per heavy atom. The first-order valence-electron chi connectivity index (χ1n) is 10.5. The van der Waals surface area contributed by atoms with Gasteiger partial charge in [-0.15, -0.1) is 0 Å². The normalized spacial score (nSPS) is 10.9. The number of rotatable bonds is 7. The number of nitrogens with one attached hydrogen (secondary N) is 1. The third-order valence-electron chi connectivity index (χ3n) is 5.45. The number of halogens is 1. The Hall–Kier alpha value is -3.58. The Labute approximate surface area is 197 Å². The van der Waals surface area contributed by atoms with Crippen LogP contribution in [0, 0.1) is 20.8 Å². The molecule has 0 aliphatic heterocycles. The molecule has 4 aromatic rings. The lowest BCUT2D eigenvalue weighted by Crippen LogP contribution is -2.28. The van der Waals surface area contributed by atoms with Crippen LogP contribution in [0.4, 0.5) is 0 Å². The van der Waals surface area contributed by atoms with E-state index in [-0.39, 0.29) is 12.5 Å². The summed E-state index contributed by atoms with van der Waals surface area (Å²) in [4.78, 5) is 17.0. The molecule has 0 unspecified atom stereocenters. The van der Waals surface area contributed by atoms with Gasteiger partial charge >= 0.3 is 0 Å². The van der Waals surface area contributed by atoms with Crippen molar-refractivity contribution in [1.82, 2.24) is 20.1 Å². The van der Waals surface area contributed by atoms with E-state index in [4.69, 9.17) is 21.1 Å². The first kappa shape index (κ1) is 22.6. The van der Waals surface area contributed by atoms with Gasteiger partial charge in [0.25, 0.3) is 5.91 Å². The van der Waals surface area contributed by atoms with Crippen molar-refractivity contribution in [3.8, 4) is 17.3 Å². The molecule has 8 heteroatoms. The van der Waals surface area contributed by atoms with E-state index in [1.807, 2.05) is 69.3 Å². The Kier molecular flexibility index (Phi) is 6.51. The second-order valence-electron chi connectivity index (χ2n) is 7.77. The summed E-state index contributed by atoms with van der Waals surface area (Å²) >= 11 is 6.32. The van der Waals surface area contributed by atoms with Crippen LogP contribution in [0.1, 0.15) is 22.4 Å². The molecule has 33 heavy (non-hydrogen) atoms. The van der Waals surface area contributed by atoms with Crippen LogP contribution in [0.25, 0.3) is 16.7 Å². The maximum atomic E-state index is 12.3. The van der Waals surface area contributed by atoms with E-state index in [1.54, 1.807) is 11.8 Å². The zero-order valence-corrected chi connectivity index (χ0v) is 19.7. The molecule has 0 saturated heterocycles. The summed E-state index contributed by atoms with van der Waals surface area (Å²) in [5, 5.41) is 9.14. The molecule has 0 aliphatic carbocycles. The SMILES string of the molecule is COc1ccc(CNC(=O)COc2cc(C)c3c(C)nn(-c4cccc(Cl)c4C)c3n2)cc1. The molecule has 0 atom stereocenters. The van der Waals surface area contributed by atoms with Crippen LogP contribution in [0.3, 0.4) is 0 Å². The average molecular weight is 465 g/mol. The van der Waals surface area contributed by atoms with Gasteiger partial charge in [-0.1, -0.05) is 29.8 Å². The molecule has 2 aromatic heterocycles. The number of fused-ring (bicyclic) bond motifs is 1. The van der Waals surface area contributed by atoms with Gasteiger partial charge in [0, 0.05) is 23.0 Å². The van der Waals surface area contributed by atoms with Crippen LogP contribution < -0.4 is 14.8 Å². The van der Waals surface area contributed by atoms with Gasteiger partial charge in [-0.3, -0.25) is 4.79 Å². The molecule has 0 fully saturated rings. The zero-order chi connectivity index (χ0) is 23.5. The lowest BCUT2D eigenvalue weighted by molar-refractivity contribution is -0.123. The second kappa shape index (κ2) is 9.50. The molecular weight excluding hydrogens is 440 g/mol. The summed E-state index contributed by atoms with van der Waals surface area (Å²) < 4.78 is 12.6. The van der Waals surface area contributed by atoms with Gasteiger partial charge in [0.05, 0.1) is 18.5 Å². The van der Waals surface area contributed by atoms with Crippen molar-refractivity contribution in [2.45, 2.75) is 27.3 Å². The molecule has 0 aliphatic rings. The van der Waals surface area contributed by atoms with Crippen LogP contribution >= 0.6 is 11.6 Å². The fraction of sp³-hybridized carbons (Fsp3) is 0.240. The molecule has 0 bridgehead atoms. The predicted octanol–water partition coefficient (Wildman–Crippen LogP) is 4.70. The molecule has 1 amide bonds. The lowest BCUT2D eigenvalue weighted by Gasteiger charge is -2.11. The Morgan fingerprint density at radius 2 is 1.88 bits per heavy atom. The van der Waals surface area contributed by atoms with Gasteiger partial charge < -0.3 is 14.8 Å². The maximum absolute atomic E-state index is 12.3. The number of nitrogens with zero attached hydrogens (tertiary/aromatic N) is 3. The molecule has 4 rings (SSSR count). The maximum Gasteiger partial charge on any atom is 0.258 e. The van der Waals surface area contributed by atoms with Crippen molar-refractivity contribution < 1.29 is 14.3 Å². The van der Waals surface area contributed by atoms with E-state index in [0.717, 1.165) is 39.2 Å². The highest BCUT2D eigenvalue weighted by Crippen LogP contribution is 2.29. The second-order valence-corrected chi connectivity index (χ2v) is 8.18. The predicted molar refractivity (Wildman–Crippen MR) is 128 cm³/mol. The van der Waals surface area contributed by atoms with Crippen molar-refractivity contribution in [2.75, 3.05) is 13.7 Å². The Morgan fingerprint density at radius 1 is 1.12 bits per heavy atom. The molecule has 2 aromatic carbocycles. The van der Waals surface area contributed by atoms with E-state index in [0.29, 0.717) is 23.1 Å². The monoisotopic (exact) mass is 464 g/mol. The Balaban J connectivity index is 1.51. The summed E-state index contributed by atoms with van der Waals surface area (Å²) in [6, 6.07) is 15.0. The van der Waals surface area contributed by atoms with Crippen LogP contribution in [0.2, 0.25) is 5.02 Å². The van der Waals surface area contributed by atoms with Gasteiger partial charge in [-0.25, -0.2) is 4.68 Å². The number of hydrogen-bond acceptors (Lipinski definition) is 5. The van der Waals surface area contributed by atoms with Gasteiger partial charge in [0.2, 0.25) is 5.88 Å². The van der Waals surface area contributed by atoms with Crippen molar-refractivity contribution in [2.24, 2.45) is 0 Å². The van der Waals surface area contributed by atoms with E-state index < -0.39 is 0 Å². The van der Waals surface area contributed by atoms with E-state index in [2.05, 4.69) is 15.4 Å². The number of methoxy groups -OCH3 is 1. The summed E-state index contributed by atoms with van der Waals surface area (Å²) in [6.07, 6.45) is 0. The van der Waals surface area contributed by atoms with Crippen molar-refractivity contribution >= 4 is 28.5 Å². The highest BCUT2D eigenvalue weighted by Gasteiger charge is 2.17. The fourth-order valence-electron chi connectivity index (χ4n) is 3.68. The molecule has 1 N–H and O–H groups in total. The number of aromatic nitrogens is 3. The summed E-state index contributed by atoms with van der Waals surface area (Å²) in [5.41, 5.74) is 5.21. The fourth-order valence-corrected chi connectivity index (χ4v) is 3.85. The summed E-state index contributed by atoms with van der Waals surface area (Å²) in [5.74, 6) is 0.897. The molecule has 0 radical (unpaired) electrons. The third-order valence-corrected chi connectivity index (χ3v) is 5.86. The third kappa shape index (κ3) is 4.78. The van der Waals surface area contributed by atoms with Crippen molar-refractivity contribution in [1.29, 1.82) is 0 Å². The molecule has 170 valence electrons. The number of pyridine rings is 1. The van der Waals surface area contributed by atoms with Crippen LogP contribution in [-0.2, 0) is 11.3 Å². The van der Waals surface area contributed by atoms with Crippen LogP contribution in [-0.4, -0.2) is 34.4 Å². The molecular formula is C25H25ClN4O3. The van der Waals surface area contributed by atoms with E-state index in [1.165, 1.54) is 0 Å². The van der Waals surface area contributed by atoms with Crippen molar-refractivity contribution in [3.05, 3.63) is 75.9 Å². The molecule has 2 heterocycles. The molecule has 0 spiro atoms. The van der Waals surface area contributed by atoms with Crippen LogP contribution in [0.15, 0.2) is 48.5 Å². The highest BCUT2D eigenvalue weighted by molar-refractivity contribution is 6.31. The lowest BCUT2D eigenvalue weighted by atomic mass is 10.1. The van der Waals surface area contributed by atoms with Crippen molar-refractivity contribution in [3.63, 3.8) is 0 Å². The van der Waals surface area contributed by atoms with Gasteiger partial charge in [0.1, 0.15) is 5.75 Å². The first-order valence-corrected chi connectivity index (χ1v) is 10.9. The average Bonchev–Trinajstić information content (AvgIpc) is 3.15. The number of carbonyl (C=O) groups is 1. The quantitative estimate of drug-likeness (QED) is 0.429. The van der Waals surface area contributed by atoms with Gasteiger partial charge in [-0.2, -0.15) is 10.1 Å². The smallest absolute Gasteiger partial charge is 0.258 e. The summed E-state index contributed by atoms with van der Waals surface area (Å²) in [6.45, 7) is 6.13. The standard InChI is InChI=1S/C25H25ClN4O3/c1-15-12-23(33-14-22(31)27-13-18-8-10-19(32-4)11-9-18)28-25-24(15)17(3)29-30(25)21-7-5-6-20(26)16(21)2/h5-12H,13-14H2,1-4H3,(H,27,31).